The molecule has 0 bridgehead atoms. The predicted molar refractivity (Wildman–Crippen MR) is 52.8 cm³/mol. The molecular formula is C10H11F3OSe. The van der Waals surface area contributed by atoms with Gasteiger partial charge >= 0.3 is 93.7 Å². The molecule has 0 saturated heterocycles. The molecule has 1 atom stereocenters. The summed E-state index contributed by atoms with van der Waals surface area (Å²) in [5, 5.41) is 9.78. The van der Waals surface area contributed by atoms with Crippen molar-refractivity contribution in [1.29, 1.82) is 0 Å². The van der Waals surface area contributed by atoms with Crippen molar-refractivity contribution in [1.82, 2.24) is 0 Å². The molecule has 0 heterocycles. The second kappa shape index (κ2) is 4.16. The molecule has 0 amide bonds. The van der Waals surface area contributed by atoms with Gasteiger partial charge in [-0.05, 0) is 0 Å². The number of aliphatic hydroxyl groups is 1. The molecule has 1 N–H and O–H groups in total. The van der Waals surface area contributed by atoms with E-state index in [1.54, 1.807) is 6.92 Å². The average Bonchev–Trinajstić information content (AvgIpc) is 2.17. The summed E-state index contributed by atoms with van der Waals surface area (Å²) in [6.45, 7) is 1.76. The van der Waals surface area contributed by atoms with E-state index in [1.165, 1.54) is 12.1 Å². The van der Waals surface area contributed by atoms with Crippen molar-refractivity contribution in [3.8, 4) is 0 Å². The number of halogens is 3. The Bertz CT molecular complexity index is 330. The first-order chi connectivity index (χ1) is 6.77. The zero-order chi connectivity index (χ0) is 11.7. The van der Waals surface area contributed by atoms with Crippen LogP contribution >= 0.6 is 0 Å². The van der Waals surface area contributed by atoms with Gasteiger partial charge in [0.15, 0.2) is 0 Å². The average molecular weight is 283 g/mol. The molecule has 0 aliphatic carbocycles. The van der Waals surface area contributed by atoms with Crippen molar-refractivity contribution in [2.75, 3.05) is 0 Å². The van der Waals surface area contributed by atoms with Crippen molar-refractivity contribution >= 4 is 16.0 Å². The summed E-state index contributed by atoms with van der Waals surface area (Å²) in [6.07, 6.45) is -3.90. The molecule has 15 heavy (non-hydrogen) atoms. The van der Waals surface area contributed by atoms with Crippen LogP contribution in [-0.4, -0.2) is 21.1 Å². The number of alkyl halides is 3. The molecule has 1 rings (SSSR count). The predicted octanol–water partition coefficient (Wildman–Crippen LogP) is 2.16. The third kappa shape index (κ3) is 2.97. The van der Waals surface area contributed by atoms with Crippen molar-refractivity contribution in [2.24, 2.45) is 0 Å². The maximum atomic E-state index is 12.2. The fourth-order valence-corrected chi connectivity index (χ4v) is 1.44. The SMILES string of the molecule is CCC(O)([SeH])c1ccc(C(F)(F)F)cc1. The fourth-order valence-electron chi connectivity index (χ4n) is 1.13. The Kier molecular flexibility index (Phi) is 3.48. The van der Waals surface area contributed by atoms with Crippen LogP contribution < -0.4 is 0 Å². The van der Waals surface area contributed by atoms with Crippen molar-refractivity contribution < 1.29 is 18.3 Å². The molecule has 0 aliphatic rings. The van der Waals surface area contributed by atoms with E-state index in [1.807, 2.05) is 0 Å². The molecule has 0 fully saturated rings. The van der Waals surface area contributed by atoms with Crippen molar-refractivity contribution in [3.05, 3.63) is 35.4 Å². The molecule has 5 heteroatoms. The van der Waals surface area contributed by atoms with Gasteiger partial charge in [0.05, 0.1) is 0 Å². The Labute approximate surface area is 94.1 Å². The maximum absolute atomic E-state index is 12.2. The van der Waals surface area contributed by atoms with E-state index in [0.717, 1.165) is 12.1 Å². The molecule has 0 radical (unpaired) electrons. The molecule has 1 aromatic carbocycles. The molecule has 0 spiro atoms. The van der Waals surface area contributed by atoms with Crippen LogP contribution in [0.1, 0.15) is 24.5 Å². The monoisotopic (exact) mass is 284 g/mol. The third-order valence-corrected chi connectivity index (χ3v) is 3.37. The van der Waals surface area contributed by atoms with Gasteiger partial charge in [0, 0.05) is 0 Å². The Morgan fingerprint density at radius 1 is 1.13 bits per heavy atom. The van der Waals surface area contributed by atoms with E-state index >= 15 is 0 Å². The topological polar surface area (TPSA) is 20.2 Å². The van der Waals surface area contributed by atoms with Crippen LogP contribution in [0.5, 0.6) is 0 Å². The number of hydrogen-bond donors (Lipinski definition) is 1. The number of benzene rings is 1. The van der Waals surface area contributed by atoms with E-state index in [2.05, 4.69) is 16.0 Å². The second-order valence-corrected chi connectivity index (χ2v) is 4.80. The molecule has 0 saturated carbocycles. The van der Waals surface area contributed by atoms with Crippen LogP contribution in [0.3, 0.4) is 0 Å². The minimum atomic E-state index is -4.33. The molecule has 84 valence electrons. The van der Waals surface area contributed by atoms with Gasteiger partial charge in [-0.15, -0.1) is 0 Å². The van der Waals surface area contributed by atoms with Gasteiger partial charge in [0.25, 0.3) is 0 Å². The minimum absolute atomic E-state index is 0.429. The van der Waals surface area contributed by atoms with Crippen molar-refractivity contribution in [3.63, 3.8) is 0 Å². The summed E-state index contributed by atoms with van der Waals surface area (Å²) in [6, 6.07) is 4.54. The van der Waals surface area contributed by atoms with Gasteiger partial charge in [-0.25, -0.2) is 0 Å². The Morgan fingerprint density at radius 3 is 1.87 bits per heavy atom. The standard InChI is InChI=1S/C10H11F3OSe/c1-2-9(14,15)7-3-5-8(6-4-7)10(11,12)13/h3-6,14-15H,2H2,1H3. The van der Waals surface area contributed by atoms with Gasteiger partial charge in [-0.3, -0.25) is 0 Å². The first kappa shape index (κ1) is 12.6. The quantitative estimate of drug-likeness (QED) is 0.825. The Balaban J connectivity index is 3.01. The summed E-state index contributed by atoms with van der Waals surface area (Å²) in [7, 11) is 0. The van der Waals surface area contributed by atoms with E-state index < -0.39 is 16.2 Å². The summed E-state index contributed by atoms with van der Waals surface area (Å²) in [4.78, 5) is 0. The van der Waals surface area contributed by atoms with Gasteiger partial charge in [-0.1, -0.05) is 0 Å². The van der Waals surface area contributed by atoms with E-state index in [0.29, 0.717) is 12.0 Å². The van der Waals surface area contributed by atoms with Gasteiger partial charge in [0.1, 0.15) is 0 Å². The van der Waals surface area contributed by atoms with E-state index in [-0.39, 0.29) is 0 Å². The molecule has 1 aromatic rings. The third-order valence-electron chi connectivity index (χ3n) is 2.17. The Morgan fingerprint density at radius 2 is 1.53 bits per heavy atom. The Hall–Kier alpha value is -0.511. The summed E-state index contributed by atoms with van der Waals surface area (Å²) in [5.74, 6) is 0. The summed E-state index contributed by atoms with van der Waals surface area (Å²) < 4.78 is 35.6. The van der Waals surface area contributed by atoms with Crippen LogP contribution in [-0.2, 0) is 10.7 Å². The number of rotatable bonds is 2. The van der Waals surface area contributed by atoms with Crippen LogP contribution in [0.15, 0.2) is 24.3 Å². The van der Waals surface area contributed by atoms with Gasteiger partial charge < -0.3 is 0 Å². The zero-order valence-corrected chi connectivity index (χ0v) is 9.92. The normalized spacial score (nSPS) is 16.1. The van der Waals surface area contributed by atoms with E-state index in [9.17, 15) is 18.3 Å². The van der Waals surface area contributed by atoms with Gasteiger partial charge in [0.2, 0.25) is 0 Å². The molecule has 1 nitrogen and oxygen atoms in total. The first-order valence-corrected chi connectivity index (χ1v) is 5.33. The molecule has 0 aromatic heterocycles. The summed E-state index contributed by atoms with van der Waals surface area (Å²) >= 11 is 2.07. The van der Waals surface area contributed by atoms with Crippen LogP contribution in [0.25, 0.3) is 0 Å². The second-order valence-electron chi connectivity index (χ2n) is 3.25. The molecular weight excluding hydrogens is 272 g/mol. The van der Waals surface area contributed by atoms with E-state index in [4.69, 9.17) is 0 Å². The summed E-state index contributed by atoms with van der Waals surface area (Å²) in [5.41, 5.74) is -0.233. The zero-order valence-electron chi connectivity index (χ0n) is 8.04. The van der Waals surface area contributed by atoms with Gasteiger partial charge in [-0.2, -0.15) is 0 Å². The van der Waals surface area contributed by atoms with Crippen molar-refractivity contribution in [2.45, 2.75) is 24.0 Å². The molecule has 0 aliphatic heterocycles. The fraction of sp³-hybridized carbons (Fsp3) is 0.400. The molecule has 1 unspecified atom stereocenters. The van der Waals surface area contributed by atoms with Crippen LogP contribution in [0.2, 0.25) is 0 Å². The number of hydrogen-bond acceptors (Lipinski definition) is 1. The van der Waals surface area contributed by atoms with Crippen LogP contribution in [0, 0.1) is 0 Å². The van der Waals surface area contributed by atoms with Crippen LogP contribution in [0.4, 0.5) is 13.2 Å². The first-order valence-electron chi connectivity index (χ1n) is 4.40.